The highest BCUT2D eigenvalue weighted by atomic mass is 35.5. The average molecular weight is 309 g/mol. The molecule has 108 valence electrons. The summed E-state index contributed by atoms with van der Waals surface area (Å²) in [7, 11) is 0. The molecule has 0 saturated carbocycles. The van der Waals surface area contributed by atoms with Gasteiger partial charge in [-0.25, -0.2) is 0 Å². The van der Waals surface area contributed by atoms with Gasteiger partial charge in [-0.15, -0.1) is 11.3 Å². The molecule has 1 atom stereocenters. The van der Waals surface area contributed by atoms with Gasteiger partial charge in [-0.2, -0.15) is 0 Å². The van der Waals surface area contributed by atoms with Gasteiger partial charge in [0.15, 0.2) is 0 Å². The Bertz CT molecular complexity index is 482. The third-order valence-electron chi connectivity index (χ3n) is 3.27. The van der Waals surface area contributed by atoms with Gasteiger partial charge >= 0.3 is 0 Å². The summed E-state index contributed by atoms with van der Waals surface area (Å²) in [6, 6.07) is 8.20. The molecule has 0 radical (unpaired) electrons. The van der Waals surface area contributed by atoms with Gasteiger partial charge in [-0.05, 0) is 56.0 Å². The van der Waals surface area contributed by atoms with Crippen molar-refractivity contribution in [3.63, 3.8) is 0 Å². The average Bonchev–Trinajstić information content (AvgIpc) is 2.94. The van der Waals surface area contributed by atoms with Gasteiger partial charge in [0.1, 0.15) is 0 Å². The van der Waals surface area contributed by atoms with E-state index in [1.54, 1.807) is 11.3 Å². The largest absolute Gasteiger partial charge is 0.316 e. The summed E-state index contributed by atoms with van der Waals surface area (Å²) in [5.74, 6) is 0.600. The fourth-order valence-corrected chi connectivity index (χ4v) is 3.12. The van der Waals surface area contributed by atoms with E-state index in [2.05, 4.69) is 29.4 Å². The first kappa shape index (κ1) is 15.5. The third-order valence-corrected chi connectivity index (χ3v) is 4.32. The number of aromatic nitrogens is 1. The van der Waals surface area contributed by atoms with Gasteiger partial charge in [0.25, 0.3) is 0 Å². The zero-order chi connectivity index (χ0) is 14.2. The highest BCUT2D eigenvalue weighted by molar-refractivity contribution is 7.09. The van der Waals surface area contributed by atoms with Crippen LogP contribution in [0, 0.1) is 5.92 Å². The van der Waals surface area contributed by atoms with Crippen LogP contribution in [0.2, 0.25) is 5.02 Å². The molecule has 0 aliphatic rings. The fourth-order valence-electron chi connectivity index (χ4n) is 2.28. The zero-order valence-corrected chi connectivity index (χ0v) is 13.4. The Morgan fingerprint density at radius 2 is 2.05 bits per heavy atom. The van der Waals surface area contributed by atoms with Crippen LogP contribution in [0.15, 0.2) is 36.0 Å². The summed E-state index contributed by atoms with van der Waals surface area (Å²) >= 11 is 7.69. The molecule has 20 heavy (non-hydrogen) atoms. The van der Waals surface area contributed by atoms with Gasteiger partial charge in [0.2, 0.25) is 0 Å². The zero-order valence-electron chi connectivity index (χ0n) is 11.8. The number of hydrogen-bond donors (Lipinski definition) is 1. The van der Waals surface area contributed by atoms with Crippen molar-refractivity contribution in [1.82, 2.24) is 10.3 Å². The maximum absolute atomic E-state index is 5.95. The van der Waals surface area contributed by atoms with E-state index in [-0.39, 0.29) is 0 Å². The van der Waals surface area contributed by atoms with E-state index in [4.69, 9.17) is 11.6 Å². The minimum Gasteiger partial charge on any atom is -0.316 e. The first-order chi connectivity index (χ1) is 9.78. The van der Waals surface area contributed by atoms with E-state index >= 15 is 0 Å². The lowest BCUT2D eigenvalue weighted by molar-refractivity contribution is 0.473. The Hall–Kier alpha value is -0.900. The predicted molar refractivity (Wildman–Crippen MR) is 87.6 cm³/mol. The van der Waals surface area contributed by atoms with Crippen molar-refractivity contribution in [3.8, 4) is 0 Å². The molecule has 1 aromatic carbocycles. The number of halogens is 1. The second-order valence-corrected chi connectivity index (χ2v) is 6.48. The minimum absolute atomic E-state index is 0.600. The molecule has 0 bridgehead atoms. The third kappa shape index (κ3) is 5.23. The number of hydrogen-bond acceptors (Lipinski definition) is 3. The van der Waals surface area contributed by atoms with Gasteiger partial charge in [-0.3, -0.25) is 4.98 Å². The molecule has 0 spiro atoms. The molecule has 2 rings (SSSR count). The first-order valence-corrected chi connectivity index (χ1v) is 8.36. The summed E-state index contributed by atoms with van der Waals surface area (Å²) in [4.78, 5) is 5.53. The van der Waals surface area contributed by atoms with Crippen LogP contribution in [0.25, 0.3) is 0 Å². The molecule has 4 heteroatoms. The number of nitrogens with zero attached hydrogens (tertiary/aromatic N) is 1. The van der Waals surface area contributed by atoms with E-state index in [9.17, 15) is 0 Å². The SMILES string of the molecule is CCCNCC(Cc1ccc(Cl)cc1)Cc1cncs1. The van der Waals surface area contributed by atoms with Gasteiger partial charge in [0, 0.05) is 16.1 Å². The molecule has 1 N–H and O–H groups in total. The summed E-state index contributed by atoms with van der Waals surface area (Å²) in [5, 5.41) is 4.34. The maximum atomic E-state index is 5.95. The molecule has 0 aliphatic carbocycles. The van der Waals surface area contributed by atoms with Crippen LogP contribution in [0.4, 0.5) is 0 Å². The topological polar surface area (TPSA) is 24.9 Å². The van der Waals surface area contributed by atoms with Crippen molar-refractivity contribution >= 4 is 22.9 Å². The van der Waals surface area contributed by atoms with Crippen LogP contribution in [0.1, 0.15) is 23.8 Å². The molecule has 0 saturated heterocycles. The highest BCUT2D eigenvalue weighted by Crippen LogP contribution is 2.18. The lowest BCUT2D eigenvalue weighted by Gasteiger charge is -2.17. The lowest BCUT2D eigenvalue weighted by Crippen LogP contribution is -2.26. The molecule has 0 fully saturated rings. The van der Waals surface area contributed by atoms with Crippen LogP contribution in [0.5, 0.6) is 0 Å². The lowest BCUT2D eigenvalue weighted by atomic mass is 9.95. The Morgan fingerprint density at radius 3 is 2.70 bits per heavy atom. The van der Waals surface area contributed by atoms with Crippen molar-refractivity contribution in [2.75, 3.05) is 13.1 Å². The molecule has 0 aliphatic heterocycles. The Kier molecular flexibility index (Phi) is 6.51. The van der Waals surface area contributed by atoms with Crippen LogP contribution in [-0.2, 0) is 12.8 Å². The first-order valence-electron chi connectivity index (χ1n) is 7.10. The second kappa shape index (κ2) is 8.40. The molecule has 2 aromatic rings. The molecular formula is C16H21ClN2S. The standard InChI is InChI=1S/C16H21ClN2S/c1-2-7-18-10-14(9-16-11-19-12-20-16)8-13-3-5-15(17)6-4-13/h3-6,11-12,14,18H,2,7-10H2,1H3. The van der Waals surface area contributed by atoms with Crippen LogP contribution in [0.3, 0.4) is 0 Å². The normalized spacial score (nSPS) is 12.5. The number of nitrogens with one attached hydrogen (secondary N) is 1. The van der Waals surface area contributed by atoms with Crippen LogP contribution < -0.4 is 5.32 Å². The van der Waals surface area contributed by atoms with Crippen LogP contribution >= 0.6 is 22.9 Å². The summed E-state index contributed by atoms with van der Waals surface area (Å²) in [6.45, 7) is 4.33. The molecule has 1 aromatic heterocycles. The predicted octanol–water partition coefficient (Wildman–Crippen LogP) is 4.20. The monoisotopic (exact) mass is 308 g/mol. The summed E-state index contributed by atoms with van der Waals surface area (Å²) in [6.07, 6.45) is 5.32. The van der Waals surface area contributed by atoms with E-state index in [1.165, 1.54) is 16.9 Å². The minimum atomic E-state index is 0.600. The quantitative estimate of drug-likeness (QED) is 0.739. The van der Waals surface area contributed by atoms with E-state index in [0.29, 0.717) is 5.92 Å². The van der Waals surface area contributed by atoms with Crippen molar-refractivity contribution in [1.29, 1.82) is 0 Å². The molecule has 1 unspecified atom stereocenters. The smallest absolute Gasteiger partial charge is 0.0794 e. The van der Waals surface area contributed by atoms with E-state index in [0.717, 1.165) is 31.0 Å². The fraction of sp³-hybridized carbons (Fsp3) is 0.438. The van der Waals surface area contributed by atoms with Crippen molar-refractivity contribution < 1.29 is 0 Å². The van der Waals surface area contributed by atoms with Gasteiger partial charge in [-0.1, -0.05) is 30.7 Å². The Morgan fingerprint density at radius 1 is 1.25 bits per heavy atom. The molecule has 0 amide bonds. The van der Waals surface area contributed by atoms with Gasteiger partial charge < -0.3 is 5.32 Å². The number of benzene rings is 1. The Balaban J connectivity index is 1.95. The molecule has 1 heterocycles. The summed E-state index contributed by atoms with van der Waals surface area (Å²) < 4.78 is 0. The number of rotatable bonds is 8. The summed E-state index contributed by atoms with van der Waals surface area (Å²) in [5.41, 5.74) is 3.26. The van der Waals surface area contributed by atoms with Crippen molar-refractivity contribution in [2.24, 2.45) is 5.92 Å². The highest BCUT2D eigenvalue weighted by Gasteiger charge is 2.11. The maximum Gasteiger partial charge on any atom is 0.0794 e. The molecule has 2 nitrogen and oxygen atoms in total. The molecular weight excluding hydrogens is 288 g/mol. The second-order valence-electron chi connectivity index (χ2n) is 5.07. The van der Waals surface area contributed by atoms with E-state index in [1.807, 2.05) is 23.8 Å². The van der Waals surface area contributed by atoms with Crippen molar-refractivity contribution in [2.45, 2.75) is 26.2 Å². The van der Waals surface area contributed by atoms with Gasteiger partial charge in [0.05, 0.1) is 5.51 Å². The van der Waals surface area contributed by atoms with Crippen molar-refractivity contribution in [3.05, 3.63) is 51.4 Å². The number of thiazole rings is 1. The van der Waals surface area contributed by atoms with E-state index < -0.39 is 0 Å². The van der Waals surface area contributed by atoms with Crippen LogP contribution in [-0.4, -0.2) is 18.1 Å². The Labute approximate surface area is 130 Å².